The van der Waals surface area contributed by atoms with Crippen LogP contribution >= 0.6 is 11.8 Å². The average molecular weight is 395 g/mol. The number of thioether (sulfide) groups is 1. The highest BCUT2D eigenvalue weighted by molar-refractivity contribution is 7.99. The Balaban J connectivity index is 1.83. The third kappa shape index (κ3) is 4.10. The topological polar surface area (TPSA) is 96.7 Å². The lowest BCUT2D eigenvalue weighted by Gasteiger charge is -2.27. The molecule has 7 nitrogen and oxygen atoms in total. The Morgan fingerprint density at radius 3 is 2.64 bits per heavy atom. The Hall–Kier alpha value is -3.05. The van der Waals surface area contributed by atoms with Crippen LogP contribution in [0.25, 0.3) is 17.3 Å². The average Bonchev–Trinajstić information content (AvgIpc) is 3.36. The maximum absolute atomic E-state index is 12.4. The molecule has 1 atom stereocenters. The molecule has 0 aliphatic carbocycles. The van der Waals surface area contributed by atoms with Gasteiger partial charge in [0.1, 0.15) is 5.54 Å². The SMILES string of the molecule is CC(C)C(C)(C#N)NC(=O)CSc1nnc(-c2ccco2)n1-c1ccccc1. The summed E-state index contributed by atoms with van der Waals surface area (Å²) in [6.07, 6.45) is 1.58. The minimum absolute atomic E-state index is 0.00928. The summed E-state index contributed by atoms with van der Waals surface area (Å²) >= 11 is 1.26. The zero-order valence-electron chi connectivity index (χ0n) is 15.9. The van der Waals surface area contributed by atoms with Crippen LogP contribution in [-0.2, 0) is 4.79 Å². The number of hydrogen-bond donors (Lipinski definition) is 1. The minimum atomic E-state index is -0.913. The lowest BCUT2D eigenvalue weighted by molar-refractivity contribution is -0.120. The molecular weight excluding hydrogens is 374 g/mol. The number of nitrogens with zero attached hydrogens (tertiary/aromatic N) is 4. The molecule has 0 saturated heterocycles. The molecule has 0 aliphatic rings. The number of rotatable bonds is 7. The van der Waals surface area contributed by atoms with E-state index in [2.05, 4.69) is 21.6 Å². The van der Waals surface area contributed by atoms with E-state index in [9.17, 15) is 10.1 Å². The largest absolute Gasteiger partial charge is 0.461 e. The summed E-state index contributed by atoms with van der Waals surface area (Å²) in [5.74, 6) is 1.02. The van der Waals surface area contributed by atoms with Gasteiger partial charge in [-0.3, -0.25) is 9.36 Å². The van der Waals surface area contributed by atoms with E-state index in [4.69, 9.17) is 4.42 Å². The summed E-state index contributed by atoms with van der Waals surface area (Å²) in [7, 11) is 0. The Bertz CT molecular complexity index is 976. The molecule has 2 heterocycles. The second-order valence-corrected chi connectivity index (χ2v) is 7.70. The van der Waals surface area contributed by atoms with Crippen molar-refractivity contribution in [1.29, 1.82) is 5.26 Å². The van der Waals surface area contributed by atoms with Crippen molar-refractivity contribution in [3.8, 4) is 23.3 Å². The highest BCUT2D eigenvalue weighted by Crippen LogP contribution is 2.28. The van der Waals surface area contributed by atoms with E-state index in [0.717, 1.165) is 5.69 Å². The van der Waals surface area contributed by atoms with E-state index in [0.29, 0.717) is 16.7 Å². The monoisotopic (exact) mass is 395 g/mol. The first-order valence-corrected chi connectivity index (χ1v) is 9.83. The van der Waals surface area contributed by atoms with Gasteiger partial charge in [-0.25, -0.2) is 0 Å². The van der Waals surface area contributed by atoms with Crippen molar-refractivity contribution in [3.63, 3.8) is 0 Å². The fourth-order valence-electron chi connectivity index (χ4n) is 2.50. The molecule has 0 aliphatic heterocycles. The molecule has 0 radical (unpaired) electrons. The second kappa shape index (κ2) is 8.31. The molecule has 0 spiro atoms. The number of furan rings is 1. The maximum Gasteiger partial charge on any atom is 0.231 e. The summed E-state index contributed by atoms with van der Waals surface area (Å²) in [6.45, 7) is 5.53. The molecule has 28 heavy (non-hydrogen) atoms. The Morgan fingerprint density at radius 1 is 1.29 bits per heavy atom. The molecule has 1 amide bonds. The number of para-hydroxylation sites is 1. The molecule has 1 unspecified atom stereocenters. The molecule has 0 saturated carbocycles. The summed E-state index contributed by atoms with van der Waals surface area (Å²) in [4.78, 5) is 12.4. The number of benzene rings is 1. The third-order valence-corrected chi connectivity index (χ3v) is 5.44. The molecule has 0 fully saturated rings. The first-order valence-electron chi connectivity index (χ1n) is 8.84. The Morgan fingerprint density at radius 2 is 2.04 bits per heavy atom. The quantitative estimate of drug-likeness (QED) is 0.613. The highest BCUT2D eigenvalue weighted by Gasteiger charge is 2.30. The number of hydrogen-bond acceptors (Lipinski definition) is 6. The molecular formula is C20H21N5O2S. The number of carbonyl (C=O) groups excluding carboxylic acids is 1. The fourth-order valence-corrected chi connectivity index (χ4v) is 3.25. The number of carbonyl (C=O) groups is 1. The Kier molecular flexibility index (Phi) is 5.85. The van der Waals surface area contributed by atoms with Gasteiger partial charge >= 0.3 is 0 Å². The van der Waals surface area contributed by atoms with Crippen LogP contribution in [0.1, 0.15) is 20.8 Å². The van der Waals surface area contributed by atoms with Gasteiger partial charge in [0.25, 0.3) is 0 Å². The van der Waals surface area contributed by atoms with Crippen LogP contribution in [0.15, 0.2) is 58.3 Å². The van der Waals surface area contributed by atoms with Crippen molar-refractivity contribution in [1.82, 2.24) is 20.1 Å². The van der Waals surface area contributed by atoms with Gasteiger partial charge < -0.3 is 9.73 Å². The minimum Gasteiger partial charge on any atom is -0.461 e. The molecule has 0 bridgehead atoms. The number of nitriles is 1. The van der Waals surface area contributed by atoms with Gasteiger partial charge in [-0.1, -0.05) is 43.8 Å². The molecule has 8 heteroatoms. The van der Waals surface area contributed by atoms with Gasteiger partial charge in [-0.15, -0.1) is 10.2 Å². The van der Waals surface area contributed by atoms with Crippen molar-refractivity contribution in [2.45, 2.75) is 31.5 Å². The Labute approximate surface area is 167 Å². The number of amides is 1. The van der Waals surface area contributed by atoms with E-state index < -0.39 is 5.54 Å². The molecule has 1 N–H and O–H groups in total. The lowest BCUT2D eigenvalue weighted by atomic mass is 9.90. The van der Waals surface area contributed by atoms with Crippen LogP contribution in [-0.4, -0.2) is 32.0 Å². The standard InChI is InChI=1S/C20H21N5O2S/c1-14(2)20(3,13-21)22-17(26)12-28-19-24-23-18(16-10-7-11-27-16)25(19)15-8-5-4-6-9-15/h4-11,14H,12H2,1-3H3,(H,22,26). The summed E-state index contributed by atoms with van der Waals surface area (Å²) in [5.41, 5.74) is -0.0461. The summed E-state index contributed by atoms with van der Waals surface area (Å²) < 4.78 is 7.33. The predicted octanol–water partition coefficient (Wildman–Crippen LogP) is 3.67. The predicted molar refractivity (Wildman–Crippen MR) is 107 cm³/mol. The van der Waals surface area contributed by atoms with Crippen molar-refractivity contribution in [2.75, 3.05) is 5.75 Å². The van der Waals surface area contributed by atoms with Crippen LogP contribution < -0.4 is 5.32 Å². The van der Waals surface area contributed by atoms with Crippen molar-refractivity contribution in [2.24, 2.45) is 5.92 Å². The van der Waals surface area contributed by atoms with Crippen molar-refractivity contribution in [3.05, 3.63) is 48.7 Å². The van der Waals surface area contributed by atoms with Crippen LogP contribution in [0.4, 0.5) is 0 Å². The van der Waals surface area contributed by atoms with E-state index in [1.54, 1.807) is 19.3 Å². The molecule has 3 rings (SSSR count). The zero-order chi connectivity index (χ0) is 20.1. The second-order valence-electron chi connectivity index (χ2n) is 6.76. The first-order chi connectivity index (χ1) is 13.4. The molecule has 144 valence electrons. The van der Waals surface area contributed by atoms with E-state index in [1.807, 2.05) is 54.8 Å². The normalized spacial score (nSPS) is 13.1. The summed E-state index contributed by atoms with van der Waals surface area (Å²) in [5, 5.41) is 21.2. The van der Waals surface area contributed by atoms with Crippen LogP contribution in [0, 0.1) is 17.2 Å². The van der Waals surface area contributed by atoms with Crippen molar-refractivity contribution < 1.29 is 9.21 Å². The van der Waals surface area contributed by atoms with Gasteiger partial charge in [0.15, 0.2) is 10.9 Å². The number of nitrogens with one attached hydrogen (secondary N) is 1. The molecule has 2 aromatic heterocycles. The number of aromatic nitrogens is 3. The van der Waals surface area contributed by atoms with Gasteiger partial charge in [-0.2, -0.15) is 5.26 Å². The van der Waals surface area contributed by atoms with Gasteiger partial charge in [0, 0.05) is 5.69 Å². The maximum atomic E-state index is 12.4. The van der Waals surface area contributed by atoms with E-state index in [1.165, 1.54) is 11.8 Å². The van der Waals surface area contributed by atoms with Crippen LogP contribution in [0.5, 0.6) is 0 Å². The highest BCUT2D eigenvalue weighted by atomic mass is 32.2. The van der Waals surface area contributed by atoms with Gasteiger partial charge in [0.05, 0.1) is 18.1 Å². The first kappa shape index (κ1) is 19.7. The van der Waals surface area contributed by atoms with Crippen LogP contribution in [0.2, 0.25) is 0 Å². The van der Waals surface area contributed by atoms with E-state index >= 15 is 0 Å². The van der Waals surface area contributed by atoms with Gasteiger partial charge in [0.2, 0.25) is 11.7 Å². The summed E-state index contributed by atoms with van der Waals surface area (Å²) in [6, 6.07) is 15.4. The lowest BCUT2D eigenvalue weighted by Crippen LogP contribution is -2.49. The van der Waals surface area contributed by atoms with Crippen molar-refractivity contribution >= 4 is 17.7 Å². The van der Waals surface area contributed by atoms with Gasteiger partial charge in [-0.05, 0) is 37.1 Å². The molecule has 1 aromatic carbocycles. The fraction of sp³-hybridized carbons (Fsp3) is 0.300. The smallest absolute Gasteiger partial charge is 0.231 e. The zero-order valence-corrected chi connectivity index (χ0v) is 16.7. The van der Waals surface area contributed by atoms with E-state index in [-0.39, 0.29) is 17.6 Å². The third-order valence-electron chi connectivity index (χ3n) is 4.51. The van der Waals surface area contributed by atoms with Crippen LogP contribution in [0.3, 0.4) is 0 Å². The molecule has 3 aromatic rings.